The highest BCUT2D eigenvalue weighted by molar-refractivity contribution is 9.10. The number of hydrogen-bond donors (Lipinski definition) is 0. The lowest BCUT2D eigenvalue weighted by atomic mass is 9.49. The number of guanidine groups is 2. The molecular weight excluding hydrogens is 1360 g/mol. The van der Waals surface area contributed by atoms with Crippen molar-refractivity contribution in [1.29, 1.82) is 0 Å². The van der Waals surface area contributed by atoms with Crippen LogP contribution in [0.5, 0.6) is 0 Å². The molecular formula is C64H98B3BrF2N6O18S2. The van der Waals surface area contributed by atoms with E-state index in [9.17, 15) is 36.0 Å². The number of ether oxygens (including phenoxy) is 4. The summed E-state index contributed by atoms with van der Waals surface area (Å²) in [5.74, 6) is -2.47. The van der Waals surface area contributed by atoms with Gasteiger partial charge in [-0.25, -0.2) is 63.4 Å². The lowest BCUT2D eigenvalue weighted by Gasteiger charge is -2.44. The van der Waals surface area contributed by atoms with Gasteiger partial charge in [0, 0.05) is 29.7 Å². The van der Waals surface area contributed by atoms with Crippen LogP contribution in [0.15, 0.2) is 50.9 Å². The summed E-state index contributed by atoms with van der Waals surface area (Å²) in [6.45, 7) is 45.9. The number of carbonyl (C=O) groups excluding carboxylic acids is 4. The van der Waals surface area contributed by atoms with Crippen molar-refractivity contribution in [2.45, 2.75) is 282 Å². The van der Waals surface area contributed by atoms with Crippen molar-refractivity contribution in [2.24, 2.45) is 9.98 Å². The van der Waals surface area contributed by atoms with Gasteiger partial charge in [-0.2, -0.15) is 0 Å². The van der Waals surface area contributed by atoms with E-state index in [-0.39, 0.29) is 59.2 Å². The lowest BCUT2D eigenvalue weighted by molar-refractivity contribution is 0.00578. The number of hydrogen-bond acceptors (Lipinski definition) is 20. The largest absolute Gasteiger partial charge is 0.494 e. The van der Waals surface area contributed by atoms with Crippen LogP contribution in [0, 0.1) is 11.6 Å². The van der Waals surface area contributed by atoms with Crippen LogP contribution in [0.25, 0.3) is 0 Å². The molecule has 0 unspecified atom stereocenters. The Balaban J connectivity index is 0.000000219. The van der Waals surface area contributed by atoms with Crippen molar-refractivity contribution in [2.75, 3.05) is 14.1 Å². The highest BCUT2D eigenvalue weighted by Gasteiger charge is 2.74. The van der Waals surface area contributed by atoms with Gasteiger partial charge >= 0.3 is 45.5 Å². The lowest BCUT2D eigenvalue weighted by Crippen LogP contribution is -2.62. The van der Waals surface area contributed by atoms with Crippen LogP contribution in [-0.2, 0) is 78.0 Å². The molecule has 4 amide bonds. The van der Waals surface area contributed by atoms with Gasteiger partial charge in [-0.15, -0.1) is 9.80 Å². The third kappa shape index (κ3) is 14.5. The topological polar surface area (TPSA) is 267 Å². The normalized spacial score (nSPS) is 25.7. The number of aliphatic imine (C=N–C) groups is 2. The average molecular weight is 1450 g/mol. The van der Waals surface area contributed by atoms with E-state index in [2.05, 4.69) is 20.9 Å². The number of halogens is 3. The van der Waals surface area contributed by atoms with Crippen molar-refractivity contribution < 1.29 is 91.7 Å². The van der Waals surface area contributed by atoms with Gasteiger partial charge in [-0.1, -0.05) is 28.1 Å². The van der Waals surface area contributed by atoms with Crippen LogP contribution in [0.1, 0.15) is 217 Å². The van der Waals surface area contributed by atoms with Gasteiger partial charge < -0.3 is 46.9 Å². The second kappa shape index (κ2) is 24.7. The number of imide groups is 2. The van der Waals surface area contributed by atoms with Gasteiger partial charge in [-0.3, -0.25) is 0 Å². The molecule has 24 nitrogen and oxygen atoms in total. The molecule has 32 heteroatoms. The molecule has 0 aromatic heterocycles. The zero-order valence-electron chi connectivity index (χ0n) is 61.0. The van der Waals surface area contributed by atoms with E-state index in [1.54, 1.807) is 83.1 Å². The molecule has 2 aromatic carbocycles. The number of nitrogens with zero attached hydrogens (tertiary/aromatic N) is 6. The first-order valence-electron chi connectivity index (χ1n) is 31.9. The number of amides is 4. The van der Waals surface area contributed by atoms with Crippen molar-refractivity contribution in [1.82, 2.24) is 18.4 Å². The Morgan fingerprint density at radius 1 is 0.469 bits per heavy atom. The molecule has 7 aliphatic rings. The number of rotatable bonds is 4. The molecule has 0 radical (unpaired) electrons. The second-order valence-electron chi connectivity index (χ2n) is 32.7. The van der Waals surface area contributed by atoms with E-state index in [0.717, 1.165) is 8.61 Å². The Hall–Kier alpha value is -4.95. The monoisotopic (exact) mass is 1450 g/mol. The molecule has 96 heavy (non-hydrogen) atoms. The predicted octanol–water partition coefficient (Wildman–Crippen LogP) is 12.1. The third-order valence-electron chi connectivity index (χ3n) is 19.1. The number of benzene rings is 2. The zero-order valence-corrected chi connectivity index (χ0v) is 64.2. The van der Waals surface area contributed by atoms with Crippen LogP contribution in [-0.4, -0.2) is 172 Å². The Morgan fingerprint density at radius 2 is 0.729 bits per heavy atom. The minimum absolute atomic E-state index is 0.0203. The summed E-state index contributed by atoms with van der Waals surface area (Å²) in [5, 5.41) is 0. The van der Waals surface area contributed by atoms with Crippen molar-refractivity contribution >= 4 is 98.9 Å². The SMILES string of the molecule is CC1(C)OB(B2OC(C)(C)C(C)(C)O2)OC1(C)C.CN1C(N(C(=O)OC(C)(C)C)C(=O)OC(C)(C)C)=N[C@](C)(c2cc(B3OC(C)(C)C(C)(C)O3)ccc2F)C2(CC2)S1(=O)=O.CN1C(N(C(=O)OC(C)(C)C)C(=O)OC(C)(C)C)=N[C@](C)(c2cc(Br)ccc2F)C2(CC2)S1(=O)=O. The van der Waals surface area contributed by atoms with E-state index in [0.29, 0.717) is 19.7 Å². The van der Waals surface area contributed by atoms with E-state index in [1.807, 2.05) is 83.1 Å². The van der Waals surface area contributed by atoms with Gasteiger partial charge in [0.15, 0.2) is 0 Å². The molecule has 3 saturated heterocycles. The first-order valence-corrected chi connectivity index (χ1v) is 35.6. The first-order chi connectivity index (χ1) is 42.9. The number of sulfonamides is 2. The van der Waals surface area contributed by atoms with Crippen molar-refractivity contribution in [3.05, 3.63) is 63.6 Å². The van der Waals surface area contributed by atoms with Crippen LogP contribution < -0.4 is 5.46 Å². The van der Waals surface area contributed by atoms with Gasteiger partial charge in [0.2, 0.25) is 32.0 Å². The van der Waals surface area contributed by atoms with Crippen LogP contribution in [0.2, 0.25) is 0 Å². The van der Waals surface area contributed by atoms with Crippen molar-refractivity contribution in [3.8, 4) is 0 Å². The highest BCUT2D eigenvalue weighted by atomic mass is 79.9. The fraction of sp³-hybridized carbons (Fsp3) is 0.719. The Bertz CT molecular complexity index is 3590. The molecule has 0 bridgehead atoms. The maximum absolute atomic E-state index is 15.8. The Morgan fingerprint density at radius 3 is 1.00 bits per heavy atom. The van der Waals surface area contributed by atoms with Crippen LogP contribution in [0.3, 0.4) is 0 Å². The molecule has 2 atom stereocenters. The summed E-state index contributed by atoms with van der Waals surface area (Å²) in [4.78, 5) is 63.6. The first kappa shape index (κ1) is 78.4. The summed E-state index contributed by atoms with van der Waals surface area (Å²) in [6.07, 6.45) is -3.88. The molecule has 2 aliphatic carbocycles. The highest BCUT2D eigenvalue weighted by Crippen LogP contribution is 2.63. The van der Waals surface area contributed by atoms with Crippen LogP contribution >= 0.6 is 15.9 Å². The zero-order chi connectivity index (χ0) is 73.5. The number of carbonyl (C=O) groups is 4. The van der Waals surface area contributed by atoms with E-state index >= 15 is 8.78 Å². The van der Waals surface area contributed by atoms with Crippen molar-refractivity contribution in [3.63, 3.8) is 0 Å². The fourth-order valence-electron chi connectivity index (χ4n) is 11.3. The summed E-state index contributed by atoms with van der Waals surface area (Å²) >= 11 is 3.31. The standard InChI is InChI=1S/C29H43BFN3O8S.C23H31BrFN3O6S.C12H24B2O4/c1-24(2,3)39-22(35)34(23(36)40-25(4,5)6)21-32-28(11,29(15-16-29)43(37,38)33(21)12)19-17-18(13-14-20(19)31)30-41-26(7,8)27(9,10)42-30;1-20(2,3)33-18(29)28(19(30)34-21(4,5)6)17-26-22(7,15-13-14(24)9-10-16(15)25)23(11-12-23)35(31,32)27(17)8;1-9(2)10(3,4)16-13(15-9)14-17-11(5,6)12(7,8)18-14/h13-14,17H,15-16H2,1-12H3;9-10,13H,11-12H2,1-8H3;1-8H3/t28-;22-;/m11./s1. The van der Waals surface area contributed by atoms with E-state index in [4.69, 9.17) is 51.9 Å². The fourth-order valence-corrected chi connectivity index (χ4v) is 15.9. The maximum atomic E-state index is 15.8. The molecule has 9 rings (SSSR count). The minimum Gasteiger partial charge on any atom is -0.443 e. The molecule has 5 fully saturated rings. The summed E-state index contributed by atoms with van der Waals surface area (Å²) in [7, 11) is -7.90. The Kier molecular flexibility index (Phi) is 20.2. The summed E-state index contributed by atoms with van der Waals surface area (Å²) in [6, 6.07) is 8.39. The molecule has 5 heterocycles. The molecule has 5 aliphatic heterocycles. The van der Waals surface area contributed by atoms with Gasteiger partial charge in [0.1, 0.15) is 54.6 Å². The molecule has 2 saturated carbocycles. The minimum atomic E-state index is -4.30. The van der Waals surface area contributed by atoms with Gasteiger partial charge in [-0.05, 0) is 235 Å². The summed E-state index contributed by atoms with van der Waals surface area (Å²) in [5.41, 5.74) is -9.86. The van der Waals surface area contributed by atoms with E-state index < -0.39 is 143 Å². The smallest absolute Gasteiger partial charge is 0.443 e. The quantitative estimate of drug-likeness (QED) is 0.203. The third-order valence-corrected chi connectivity index (χ3v) is 24.9. The summed E-state index contributed by atoms with van der Waals surface area (Å²) < 4.78 is 144. The second-order valence-corrected chi connectivity index (χ2v) is 38.2. The predicted molar refractivity (Wildman–Crippen MR) is 364 cm³/mol. The van der Waals surface area contributed by atoms with Crippen LogP contribution in [0.4, 0.5) is 28.0 Å². The molecule has 534 valence electrons. The molecule has 0 N–H and O–H groups in total. The van der Waals surface area contributed by atoms with E-state index in [1.165, 1.54) is 64.3 Å². The van der Waals surface area contributed by atoms with Gasteiger partial charge in [0.05, 0.1) is 33.6 Å². The van der Waals surface area contributed by atoms with Gasteiger partial charge in [0.25, 0.3) is 0 Å². The maximum Gasteiger partial charge on any atom is 0.494 e. The average Bonchev–Trinajstić information content (AvgIpc) is 1.56. The molecule has 2 aromatic rings. The Labute approximate surface area is 575 Å². The molecule has 2 spiro atoms.